The second kappa shape index (κ2) is 7.49. The van der Waals surface area contributed by atoms with E-state index in [0.29, 0.717) is 0 Å². The highest BCUT2D eigenvalue weighted by molar-refractivity contribution is 7.16. The molecule has 0 radical (unpaired) electrons. The smallest absolute Gasteiger partial charge is 0.0931 e. The first-order chi connectivity index (χ1) is 8.75. The number of likely N-dealkylation sites (tertiary alicyclic amines) is 1. The van der Waals surface area contributed by atoms with Crippen molar-refractivity contribution in [3.8, 4) is 0 Å². The SMILES string of the molecule is CN1CCCCC1CCNCCc1ccc(Cl)s1. The van der Waals surface area contributed by atoms with Crippen LogP contribution in [0.4, 0.5) is 0 Å². The minimum Gasteiger partial charge on any atom is -0.316 e. The molecular weight excluding hydrogens is 264 g/mol. The normalized spacial score (nSPS) is 21.3. The largest absolute Gasteiger partial charge is 0.316 e. The van der Waals surface area contributed by atoms with Gasteiger partial charge in [0.05, 0.1) is 4.34 Å². The Hall–Kier alpha value is -0.0900. The van der Waals surface area contributed by atoms with Gasteiger partial charge in [0.2, 0.25) is 0 Å². The summed E-state index contributed by atoms with van der Waals surface area (Å²) in [6.07, 6.45) is 6.53. The van der Waals surface area contributed by atoms with Gasteiger partial charge in [-0.15, -0.1) is 11.3 Å². The van der Waals surface area contributed by atoms with Gasteiger partial charge in [-0.3, -0.25) is 0 Å². The summed E-state index contributed by atoms with van der Waals surface area (Å²) >= 11 is 7.60. The first-order valence-corrected chi connectivity index (χ1v) is 8.10. The van der Waals surface area contributed by atoms with Crippen LogP contribution in [0.2, 0.25) is 4.34 Å². The van der Waals surface area contributed by atoms with E-state index in [1.54, 1.807) is 11.3 Å². The van der Waals surface area contributed by atoms with Crippen LogP contribution in [-0.4, -0.2) is 37.6 Å². The second-order valence-electron chi connectivity index (χ2n) is 5.12. The lowest BCUT2D eigenvalue weighted by Gasteiger charge is -2.32. The average Bonchev–Trinajstić information content (AvgIpc) is 2.77. The molecule has 1 saturated heterocycles. The first-order valence-electron chi connectivity index (χ1n) is 6.91. The van der Waals surface area contributed by atoms with Crippen molar-refractivity contribution in [3.05, 3.63) is 21.3 Å². The molecule has 2 rings (SSSR count). The number of piperidine rings is 1. The average molecular weight is 287 g/mol. The van der Waals surface area contributed by atoms with Crippen LogP contribution in [0.3, 0.4) is 0 Å². The molecule has 0 bridgehead atoms. The zero-order valence-corrected chi connectivity index (χ0v) is 12.7. The van der Waals surface area contributed by atoms with E-state index in [1.165, 1.54) is 37.1 Å². The summed E-state index contributed by atoms with van der Waals surface area (Å²) in [4.78, 5) is 3.90. The van der Waals surface area contributed by atoms with Gasteiger partial charge in [-0.05, 0) is 64.5 Å². The molecule has 1 aliphatic rings. The molecule has 1 aromatic rings. The van der Waals surface area contributed by atoms with Gasteiger partial charge in [0.1, 0.15) is 0 Å². The van der Waals surface area contributed by atoms with E-state index in [2.05, 4.69) is 23.3 Å². The third-order valence-electron chi connectivity index (χ3n) is 3.75. The number of nitrogens with one attached hydrogen (secondary N) is 1. The number of hydrogen-bond acceptors (Lipinski definition) is 3. The molecule has 102 valence electrons. The highest BCUT2D eigenvalue weighted by atomic mass is 35.5. The maximum Gasteiger partial charge on any atom is 0.0931 e. The van der Waals surface area contributed by atoms with Crippen molar-refractivity contribution in [1.82, 2.24) is 10.2 Å². The van der Waals surface area contributed by atoms with E-state index < -0.39 is 0 Å². The van der Waals surface area contributed by atoms with Crippen LogP contribution in [0.25, 0.3) is 0 Å². The highest BCUT2D eigenvalue weighted by Gasteiger charge is 2.17. The van der Waals surface area contributed by atoms with Gasteiger partial charge in [-0.25, -0.2) is 0 Å². The van der Waals surface area contributed by atoms with Gasteiger partial charge in [0.15, 0.2) is 0 Å². The van der Waals surface area contributed by atoms with Crippen molar-refractivity contribution in [2.24, 2.45) is 0 Å². The Balaban J connectivity index is 1.55. The van der Waals surface area contributed by atoms with Crippen LogP contribution in [0.5, 0.6) is 0 Å². The van der Waals surface area contributed by atoms with Crippen LogP contribution in [0.15, 0.2) is 12.1 Å². The minimum atomic E-state index is 0.794. The lowest BCUT2D eigenvalue weighted by atomic mass is 10.0. The third kappa shape index (κ3) is 4.54. The monoisotopic (exact) mass is 286 g/mol. The molecule has 2 heterocycles. The molecule has 18 heavy (non-hydrogen) atoms. The topological polar surface area (TPSA) is 15.3 Å². The highest BCUT2D eigenvalue weighted by Crippen LogP contribution is 2.21. The van der Waals surface area contributed by atoms with Crippen molar-refractivity contribution in [2.75, 3.05) is 26.7 Å². The van der Waals surface area contributed by atoms with Gasteiger partial charge in [-0.2, -0.15) is 0 Å². The number of halogens is 1. The second-order valence-corrected chi connectivity index (χ2v) is 6.92. The Morgan fingerprint density at radius 3 is 3.00 bits per heavy atom. The van der Waals surface area contributed by atoms with Gasteiger partial charge in [0.25, 0.3) is 0 Å². The van der Waals surface area contributed by atoms with E-state index in [1.807, 2.05) is 6.07 Å². The summed E-state index contributed by atoms with van der Waals surface area (Å²) in [6.45, 7) is 3.47. The van der Waals surface area contributed by atoms with Crippen molar-refractivity contribution < 1.29 is 0 Å². The van der Waals surface area contributed by atoms with Crippen molar-refractivity contribution >= 4 is 22.9 Å². The fourth-order valence-electron chi connectivity index (χ4n) is 2.60. The van der Waals surface area contributed by atoms with Crippen LogP contribution < -0.4 is 5.32 Å². The Bertz CT molecular complexity index is 353. The van der Waals surface area contributed by atoms with Crippen molar-refractivity contribution in [1.29, 1.82) is 0 Å². The summed E-state index contributed by atoms with van der Waals surface area (Å²) in [7, 11) is 2.26. The van der Waals surface area contributed by atoms with Gasteiger partial charge in [0, 0.05) is 10.9 Å². The van der Waals surface area contributed by atoms with E-state index in [9.17, 15) is 0 Å². The Morgan fingerprint density at radius 1 is 1.39 bits per heavy atom. The number of rotatable bonds is 6. The molecule has 0 amide bonds. The van der Waals surface area contributed by atoms with Crippen molar-refractivity contribution in [3.63, 3.8) is 0 Å². The molecule has 1 atom stereocenters. The van der Waals surface area contributed by atoms with Gasteiger partial charge in [-0.1, -0.05) is 18.0 Å². The summed E-state index contributed by atoms with van der Waals surface area (Å²) in [5, 5.41) is 3.55. The summed E-state index contributed by atoms with van der Waals surface area (Å²) in [5.41, 5.74) is 0. The molecule has 2 nitrogen and oxygen atoms in total. The molecule has 0 aliphatic carbocycles. The fraction of sp³-hybridized carbons (Fsp3) is 0.714. The Labute approximate surface area is 119 Å². The summed E-state index contributed by atoms with van der Waals surface area (Å²) in [6, 6.07) is 4.91. The predicted molar refractivity (Wildman–Crippen MR) is 80.8 cm³/mol. The maximum absolute atomic E-state index is 5.91. The van der Waals surface area contributed by atoms with E-state index in [-0.39, 0.29) is 0 Å². The quantitative estimate of drug-likeness (QED) is 0.806. The summed E-state index contributed by atoms with van der Waals surface area (Å²) < 4.78 is 0.897. The molecule has 1 N–H and O–H groups in total. The zero-order valence-electron chi connectivity index (χ0n) is 11.1. The third-order valence-corrected chi connectivity index (χ3v) is 5.04. The predicted octanol–water partition coefficient (Wildman–Crippen LogP) is 3.41. The number of thiophene rings is 1. The maximum atomic E-state index is 5.91. The lowest BCUT2D eigenvalue weighted by Crippen LogP contribution is -2.38. The Morgan fingerprint density at radius 2 is 2.28 bits per heavy atom. The van der Waals surface area contributed by atoms with Crippen LogP contribution in [0, 0.1) is 0 Å². The molecule has 1 aliphatic heterocycles. The van der Waals surface area contributed by atoms with Crippen LogP contribution in [-0.2, 0) is 6.42 Å². The van der Waals surface area contributed by atoms with Crippen molar-refractivity contribution in [2.45, 2.75) is 38.1 Å². The molecular formula is C14H23ClN2S. The van der Waals surface area contributed by atoms with E-state index in [4.69, 9.17) is 11.6 Å². The molecule has 1 fully saturated rings. The minimum absolute atomic E-state index is 0.794. The molecule has 0 saturated carbocycles. The standard InChI is InChI=1S/C14H23ClN2S/c1-17-11-3-2-4-12(17)7-9-16-10-8-13-5-6-14(15)18-13/h5-6,12,16H,2-4,7-11H2,1H3. The van der Waals surface area contributed by atoms with Gasteiger partial charge < -0.3 is 10.2 Å². The zero-order chi connectivity index (χ0) is 12.8. The van der Waals surface area contributed by atoms with E-state index >= 15 is 0 Å². The lowest BCUT2D eigenvalue weighted by molar-refractivity contribution is 0.175. The first kappa shape index (κ1) is 14.3. The summed E-state index contributed by atoms with van der Waals surface area (Å²) in [5.74, 6) is 0. The number of hydrogen-bond donors (Lipinski definition) is 1. The molecule has 4 heteroatoms. The molecule has 1 aromatic heterocycles. The Kier molecular flexibility index (Phi) is 5.96. The van der Waals surface area contributed by atoms with Crippen LogP contribution >= 0.6 is 22.9 Å². The number of nitrogens with zero attached hydrogens (tertiary/aromatic N) is 1. The molecule has 0 aromatic carbocycles. The molecule has 1 unspecified atom stereocenters. The van der Waals surface area contributed by atoms with Gasteiger partial charge >= 0.3 is 0 Å². The molecule has 0 spiro atoms. The fourth-order valence-corrected chi connectivity index (χ4v) is 3.69. The van der Waals surface area contributed by atoms with E-state index in [0.717, 1.165) is 29.9 Å². The van der Waals surface area contributed by atoms with Crippen LogP contribution in [0.1, 0.15) is 30.6 Å².